The van der Waals surface area contributed by atoms with E-state index < -0.39 is 23.7 Å². The molecule has 12 nitrogen and oxygen atoms in total. The van der Waals surface area contributed by atoms with Gasteiger partial charge in [0.05, 0.1) is 42.1 Å². The van der Waals surface area contributed by atoms with Crippen LogP contribution in [0.25, 0.3) is 44.5 Å². The van der Waals surface area contributed by atoms with Gasteiger partial charge in [0.2, 0.25) is 5.91 Å². The number of piperidine rings is 1. The van der Waals surface area contributed by atoms with Crippen molar-refractivity contribution >= 4 is 29.1 Å². The lowest BCUT2D eigenvalue weighted by Gasteiger charge is -2.35. The number of nitrogens with one attached hydrogen (secondary N) is 3. The number of alkyl halides is 2. The third-order valence-corrected chi connectivity index (χ3v) is 12.5. The van der Waals surface area contributed by atoms with Gasteiger partial charge in [-0.2, -0.15) is 8.78 Å². The first-order valence-corrected chi connectivity index (χ1v) is 20.5. The molecule has 0 unspecified atom stereocenters. The van der Waals surface area contributed by atoms with Crippen LogP contribution < -0.4 is 5.32 Å². The summed E-state index contributed by atoms with van der Waals surface area (Å²) in [5.74, 6) is -2.09. The summed E-state index contributed by atoms with van der Waals surface area (Å²) in [7, 11) is 1.26. The van der Waals surface area contributed by atoms with Crippen LogP contribution in [0.2, 0.25) is 0 Å². The predicted octanol–water partition coefficient (Wildman–Crippen LogP) is 9.25. The van der Waals surface area contributed by atoms with Gasteiger partial charge in [-0.05, 0) is 111 Å². The molecular weight excluding hydrogens is 757 g/mol. The van der Waals surface area contributed by atoms with Gasteiger partial charge in [0, 0.05) is 29.3 Å². The number of hydrogen-bond donors (Lipinski definition) is 3. The van der Waals surface area contributed by atoms with Crippen molar-refractivity contribution in [3.05, 3.63) is 83.6 Å². The number of carbonyl (C=O) groups is 3. The Bertz CT molecular complexity index is 2490. The highest BCUT2D eigenvalue weighted by Gasteiger charge is 2.51. The third kappa shape index (κ3) is 6.70. The number of carbonyl (C=O) groups excluding carboxylic acids is 3. The number of ether oxygens (including phenoxy) is 2. The Morgan fingerprint density at radius 3 is 2.32 bits per heavy atom. The average molecular weight is 806 g/mol. The van der Waals surface area contributed by atoms with Gasteiger partial charge < -0.3 is 29.7 Å². The highest BCUT2D eigenvalue weighted by molar-refractivity contribution is 5.88. The van der Waals surface area contributed by atoms with E-state index in [4.69, 9.17) is 14.5 Å². The zero-order valence-corrected chi connectivity index (χ0v) is 34.1. The normalized spacial score (nSPS) is 22.2. The highest BCUT2D eigenvalue weighted by atomic mass is 19.3. The van der Waals surface area contributed by atoms with Gasteiger partial charge in [-0.25, -0.2) is 19.6 Å². The van der Waals surface area contributed by atoms with E-state index in [1.54, 1.807) is 29.3 Å². The Labute approximate surface area is 341 Å². The number of methoxy groups -OCH3 is 1. The Hall–Kier alpha value is -5.79. The van der Waals surface area contributed by atoms with E-state index in [0.29, 0.717) is 52.6 Å². The number of nitrogens with zero attached hydrogens (tertiary/aromatic N) is 4. The van der Waals surface area contributed by atoms with E-state index in [1.165, 1.54) is 13.2 Å². The zero-order valence-electron chi connectivity index (χ0n) is 34.1. The molecule has 1 saturated carbocycles. The Morgan fingerprint density at radius 1 is 0.915 bits per heavy atom. The van der Waals surface area contributed by atoms with Crippen molar-refractivity contribution in [1.29, 1.82) is 0 Å². The molecule has 2 bridgehead atoms. The van der Waals surface area contributed by atoms with E-state index in [0.717, 1.165) is 42.3 Å². The molecule has 14 heteroatoms. The van der Waals surface area contributed by atoms with Gasteiger partial charge in [0.25, 0.3) is 5.92 Å². The van der Waals surface area contributed by atoms with Crippen LogP contribution in [0.5, 0.6) is 0 Å². The van der Waals surface area contributed by atoms with Gasteiger partial charge in [0.1, 0.15) is 23.3 Å². The maximum Gasteiger partial charge on any atom is 0.411 e. The fraction of sp³-hybridized carbons (Fsp3) is 0.444. The minimum atomic E-state index is -3.26. The van der Waals surface area contributed by atoms with Crippen molar-refractivity contribution in [3.8, 4) is 33.5 Å². The standard InChI is InChI=1S/C45H49F2N7O5/c1-23(2)37(52-42(56)58-6)41(55)53-17-7-8-36(53)39-48-22-35(51-39)26-11-15-30-29-14-10-24(19-31(29)45(46,47)32(30)20-26)25-12-16-33-34(21-25)50-40(49-33)38-27-9-13-28(18-27)54(38)43(57)59-44(3,4)5/h10-12,14-16,19-23,27-28,36-38H,7-9,13,17-18H2,1-6H3,(H,48,51)(H,49,50)(H,52,56)/t27-,28+,36-,37-,38-/m0/s1. The van der Waals surface area contributed by atoms with Gasteiger partial charge in [-0.1, -0.05) is 44.2 Å². The second-order valence-electron chi connectivity index (χ2n) is 17.7. The molecule has 5 atom stereocenters. The maximum absolute atomic E-state index is 16.5. The molecule has 59 heavy (non-hydrogen) atoms. The molecule has 0 spiro atoms. The fourth-order valence-corrected chi connectivity index (χ4v) is 9.68. The van der Waals surface area contributed by atoms with Crippen molar-refractivity contribution in [2.45, 2.75) is 102 Å². The van der Waals surface area contributed by atoms with Crippen LogP contribution in [0, 0.1) is 11.8 Å². The third-order valence-electron chi connectivity index (χ3n) is 12.5. The van der Waals surface area contributed by atoms with Crippen LogP contribution in [0.1, 0.15) is 102 Å². The van der Waals surface area contributed by atoms with Gasteiger partial charge in [-0.3, -0.25) is 9.69 Å². The number of alkyl carbamates (subject to hydrolysis) is 1. The number of halogens is 2. The number of amides is 3. The maximum atomic E-state index is 16.5. The molecule has 3 aromatic carbocycles. The number of rotatable bonds is 7. The second kappa shape index (κ2) is 14.2. The van der Waals surface area contributed by atoms with Gasteiger partial charge >= 0.3 is 12.2 Å². The highest BCUT2D eigenvalue weighted by Crippen LogP contribution is 2.53. The van der Waals surface area contributed by atoms with E-state index >= 15 is 8.78 Å². The molecule has 3 fully saturated rings. The lowest BCUT2D eigenvalue weighted by Crippen LogP contribution is -2.51. The first kappa shape index (κ1) is 38.7. The molecule has 4 aliphatic rings. The number of likely N-dealkylation sites (tertiary alicyclic amines) is 2. The first-order chi connectivity index (χ1) is 28.1. The van der Waals surface area contributed by atoms with Gasteiger partial charge in [-0.15, -0.1) is 0 Å². The van der Waals surface area contributed by atoms with Crippen molar-refractivity contribution in [3.63, 3.8) is 0 Å². The van der Waals surface area contributed by atoms with Crippen molar-refractivity contribution in [2.75, 3.05) is 13.7 Å². The summed E-state index contributed by atoms with van der Waals surface area (Å²) in [6.45, 7) is 9.82. The molecule has 5 aromatic rings. The van der Waals surface area contributed by atoms with Crippen LogP contribution in [-0.2, 0) is 20.2 Å². The summed E-state index contributed by atoms with van der Waals surface area (Å²) in [5, 5.41) is 2.66. The van der Waals surface area contributed by atoms with Crippen molar-refractivity contribution in [1.82, 2.24) is 35.1 Å². The van der Waals surface area contributed by atoms with E-state index in [2.05, 4.69) is 20.3 Å². The molecule has 308 valence electrons. The number of H-pyrrole nitrogens is 2. The summed E-state index contributed by atoms with van der Waals surface area (Å²) in [6, 6.07) is 14.8. The first-order valence-electron chi connectivity index (χ1n) is 20.5. The van der Waals surface area contributed by atoms with E-state index in [1.807, 2.05) is 69.9 Å². The quantitative estimate of drug-likeness (QED) is 0.149. The molecule has 4 heterocycles. The van der Waals surface area contributed by atoms with Crippen LogP contribution in [-0.4, -0.2) is 79.2 Å². The largest absolute Gasteiger partial charge is 0.453 e. The monoisotopic (exact) mass is 805 g/mol. The summed E-state index contributed by atoms with van der Waals surface area (Å²) in [4.78, 5) is 58.8. The van der Waals surface area contributed by atoms with E-state index in [-0.39, 0.29) is 53.1 Å². The molecule has 9 rings (SSSR count). The lowest BCUT2D eigenvalue weighted by atomic mass is 9.98. The Kier molecular flexibility index (Phi) is 9.31. The summed E-state index contributed by atoms with van der Waals surface area (Å²) >= 11 is 0. The number of benzene rings is 3. The molecule has 2 aliphatic carbocycles. The number of hydrogen-bond acceptors (Lipinski definition) is 7. The van der Waals surface area contributed by atoms with Crippen LogP contribution in [0.3, 0.4) is 0 Å². The molecule has 3 amide bonds. The molecule has 2 aliphatic heterocycles. The summed E-state index contributed by atoms with van der Waals surface area (Å²) in [6.07, 6.45) is 4.93. The minimum absolute atomic E-state index is 0.0618. The summed E-state index contributed by atoms with van der Waals surface area (Å²) in [5.41, 5.74) is 4.25. The fourth-order valence-electron chi connectivity index (χ4n) is 9.68. The number of aromatic nitrogens is 4. The smallest absolute Gasteiger partial charge is 0.411 e. The van der Waals surface area contributed by atoms with E-state index in [9.17, 15) is 14.4 Å². The molecule has 2 aromatic heterocycles. The Balaban J connectivity index is 0.955. The predicted molar refractivity (Wildman–Crippen MR) is 217 cm³/mol. The zero-order chi connectivity index (χ0) is 41.5. The lowest BCUT2D eigenvalue weighted by molar-refractivity contribution is -0.135. The Morgan fingerprint density at radius 2 is 1.61 bits per heavy atom. The minimum Gasteiger partial charge on any atom is -0.453 e. The number of aromatic amines is 2. The second-order valence-corrected chi connectivity index (χ2v) is 17.7. The number of fused-ring (bicyclic) bond motifs is 6. The SMILES string of the molecule is COC(=O)N[C@H](C(=O)N1CCC[C@H]1c1ncc(-c2ccc3c(c2)C(F)(F)c2cc(-c4ccc5nc([C@@H]6[C@H]7CC[C@H](C7)N6C(=O)OC(C)(C)C)[nH]c5c4)ccc2-3)[nH]1)C(C)C. The van der Waals surface area contributed by atoms with Gasteiger partial charge in [0.15, 0.2) is 0 Å². The molecular formula is C45H49F2N7O5. The van der Waals surface area contributed by atoms with Crippen LogP contribution in [0.4, 0.5) is 18.4 Å². The van der Waals surface area contributed by atoms with Crippen LogP contribution >= 0.6 is 0 Å². The van der Waals surface area contributed by atoms with Crippen molar-refractivity contribution < 1.29 is 32.6 Å². The number of imidazole rings is 2. The summed E-state index contributed by atoms with van der Waals surface area (Å²) < 4.78 is 43.6. The topological polar surface area (TPSA) is 146 Å². The molecule has 3 N–H and O–H groups in total. The molecule has 0 radical (unpaired) electrons. The van der Waals surface area contributed by atoms with Crippen molar-refractivity contribution in [2.24, 2.45) is 11.8 Å². The average Bonchev–Trinajstić information content (AvgIpc) is 4.06. The van der Waals surface area contributed by atoms with Crippen LogP contribution in [0.15, 0.2) is 60.8 Å². The molecule has 2 saturated heterocycles.